The van der Waals surface area contributed by atoms with E-state index < -0.39 is 0 Å². The third-order valence-corrected chi connectivity index (χ3v) is 6.62. The maximum atomic E-state index is 3.72. The van der Waals surface area contributed by atoms with Gasteiger partial charge in [0.1, 0.15) is 0 Å². The van der Waals surface area contributed by atoms with E-state index in [9.17, 15) is 0 Å². The van der Waals surface area contributed by atoms with Crippen molar-refractivity contribution in [3.05, 3.63) is 29.8 Å². The monoisotopic (exact) mass is 296 g/mol. The average Bonchev–Trinajstić information content (AvgIpc) is 2.67. The molecule has 16 heavy (non-hydrogen) atoms. The number of fused-ring (bicyclic) bond motifs is 1. The van der Waals surface area contributed by atoms with Crippen molar-refractivity contribution in [2.75, 3.05) is 11.1 Å². The van der Waals surface area contributed by atoms with Crippen LogP contribution in [0.4, 0.5) is 0 Å². The highest BCUT2D eigenvalue weighted by atomic mass is 79.9. The van der Waals surface area contributed by atoms with Crippen LogP contribution in [0.25, 0.3) is 0 Å². The minimum absolute atomic E-state index is 0.628. The van der Waals surface area contributed by atoms with Gasteiger partial charge in [-0.1, -0.05) is 40.5 Å². The summed E-state index contributed by atoms with van der Waals surface area (Å²) in [6.07, 6.45) is 5.69. The van der Waals surface area contributed by atoms with Gasteiger partial charge < -0.3 is 0 Å². The number of hydrogen-bond acceptors (Lipinski definition) is 1. The summed E-state index contributed by atoms with van der Waals surface area (Å²) in [6.45, 7) is 0. The molecule has 0 amide bonds. The summed E-state index contributed by atoms with van der Waals surface area (Å²) >= 11 is 5.77. The lowest BCUT2D eigenvalue weighted by Gasteiger charge is -2.42. The van der Waals surface area contributed by atoms with Gasteiger partial charge in [-0.15, -0.1) is 11.8 Å². The molecule has 0 N–H and O–H groups in total. The van der Waals surface area contributed by atoms with Crippen LogP contribution < -0.4 is 0 Å². The van der Waals surface area contributed by atoms with Gasteiger partial charge in [-0.3, -0.25) is 0 Å². The Morgan fingerprint density at radius 3 is 2.81 bits per heavy atom. The standard InChI is InChI=1S/C14H17BrS/c15-10-14(6-3-7-14)8-11-9-16-13-5-2-1-4-12(11)13/h1-2,4-5,11H,3,6-10H2. The fourth-order valence-corrected chi connectivity index (χ4v) is 5.03. The Balaban J connectivity index is 1.78. The lowest BCUT2D eigenvalue weighted by atomic mass is 9.65. The van der Waals surface area contributed by atoms with Crippen molar-refractivity contribution in [3.8, 4) is 0 Å². The van der Waals surface area contributed by atoms with Crippen molar-refractivity contribution >= 4 is 27.7 Å². The number of alkyl halides is 1. The van der Waals surface area contributed by atoms with Crippen molar-refractivity contribution in [2.45, 2.75) is 36.5 Å². The minimum atomic E-state index is 0.628. The highest BCUT2D eigenvalue weighted by Gasteiger charge is 2.39. The van der Waals surface area contributed by atoms with E-state index in [-0.39, 0.29) is 0 Å². The molecule has 0 radical (unpaired) electrons. The van der Waals surface area contributed by atoms with Gasteiger partial charge in [0, 0.05) is 16.0 Å². The molecule has 2 aliphatic rings. The van der Waals surface area contributed by atoms with E-state index in [0.717, 1.165) is 5.92 Å². The van der Waals surface area contributed by atoms with Crippen LogP contribution in [0.2, 0.25) is 0 Å². The van der Waals surface area contributed by atoms with Gasteiger partial charge in [-0.25, -0.2) is 0 Å². The van der Waals surface area contributed by atoms with Gasteiger partial charge in [-0.05, 0) is 42.2 Å². The molecule has 1 atom stereocenters. The highest BCUT2D eigenvalue weighted by Crippen LogP contribution is 2.52. The molecule has 1 unspecified atom stereocenters. The number of rotatable bonds is 3. The van der Waals surface area contributed by atoms with E-state index in [4.69, 9.17) is 0 Å². The van der Waals surface area contributed by atoms with Gasteiger partial charge in [0.05, 0.1) is 0 Å². The van der Waals surface area contributed by atoms with Crippen LogP contribution in [-0.2, 0) is 0 Å². The van der Waals surface area contributed by atoms with E-state index in [1.54, 1.807) is 5.56 Å². The maximum Gasteiger partial charge on any atom is 0.0107 e. The first-order valence-electron chi connectivity index (χ1n) is 6.11. The van der Waals surface area contributed by atoms with Crippen LogP contribution >= 0.6 is 27.7 Å². The van der Waals surface area contributed by atoms with Gasteiger partial charge in [0.15, 0.2) is 0 Å². The molecule has 0 saturated heterocycles. The van der Waals surface area contributed by atoms with Crippen molar-refractivity contribution in [1.29, 1.82) is 0 Å². The molecule has 0 bridgehead atoms. The van der Waals surface area contributed by atoms with Gasteiger partial charge in [0.25, 0.3) is 0 Å². The molecule has 1 saturated carbocycles. The smallest absolute Gasteiger partial charge is 0.0107 e. The molecule has 0 aromatic heterocycles. The molecule has 86 valence electrons. The maximum absolute atomic E-state index is 3.72. The topological polar surface area (TPSA) is 0 Å². The lowest BCUT2D eigenvalue weighted by Crippen LogP contribution is -2.33. The second-order valence-electron chi connectivity index (χ2n) is 5.24. The molecule has 1 aliphatic heterocycles. The van der Waals surface area contributed by atoms with Crippen molar-refractivity contribution < 1.29 is 0 Å². The Kier molecular flexibility index (Phi) is 3.05. The summed E-state index contributed by atoms with van der Waals surface area (Å²) in [5.74, 6) is 2.10. The third kappa shape index (κ3) is 1.84. The molecule has 1 aromatic rings. The van der Waals surface area contributed by atoms with Crippen LogP contribution in [0.15, 0.2) is 29.2 Å². The van der Waals surface area contributed by atoms with Gasteiger partial charge in [0.2, 0.25) is 0 Å². The molecule has 3 rings (SSSR count). The first-order chi connectivity index (χ1) is 7.83. The quantitative estimate of drug-likeness (QED) is 0.720. The van der Waals surface area contributed by atoms with E-state index in [1.807, 2.05) is 11.8 Å². The molecule has 1 fully saturated rings. The second kappa shape index (κ2) is 4.38. The number of halogens is 1. The van der Waals surface area contributed by atoms with Crippen molar-refractivity contribution in [3.63, 3.8) is 0 Å². The normalized spacial score (nSPS) is 26.2. The van der Waals surface area contributed by atoms with Crippen LogP contribution in [0.1, 0.15) is 37.2 Å². The molecule has 0 nitrogen and oxygen atoms in total. The predicted molar refractivity (Wildman–Crippen MR) is 74.6 cm³/mol. The fraction of sp³-hybridized carbons (Fsp3) is 0.571. The third-order valence-electron chi connectivity index (χ3n) is 4.18. The Bertz CT molecular complexity index is 379. The Morgan fingerprint density at radius 1 is 1.31 bits per heavy atom. The van der Waals surface area contributed by atoms with E-state index in [0.29, 0.717) is 5.41 Å². The summed E-state index contributed by atoms with van der Waals surface area (Å²) in [7, 11) is 0. The molecule has 1 heterocycles. The van der Waals surface area contributed by atoms with Crippen LogP contribution in [-0.4, -0.2) is 11.1 Å². The predicted octanol–water partition coefficient (Wildman–Crippen LogP) is 4.83. The first kappa shape index (κ1) is 11.2. The molecule has 2 heteroatoms. The minimum Gasteiger partial charge on any atom is -0.125 e. The number of hydrogen-bond donors (Lipinski definition) is 0. The molecule has 1 aromatic carbocycles. The number of benzene rings is 1. The van der Waals surface area contributed by atoms with Crippen LogP contribution in [0.5, 0.6) is 0 Å². The SMILES string of the molecule is BrCC1(CC2CSc3ccccc32)CCC1. The zero-order valence-corrected chi connectivity index (χ0v) is 11.8. The largest absolute Gasteiger partial charge is 0.125 e. The summed E-state index contributed by atoms with van der Waals surface area (Å²) < 4.78 is 0. The zero-order chi connectivity index (χ0) is 11.0. The molecule has 0 spiro atoms. The van der Waals surface area contributed by atoms with Crippen LogP contribution in [0.3, 0.4) is 0 Å². The van der Waals surface area contributed by atoms with E-state index in [1.165, 1.54) is 41.7 Å². The van der Waals surface area contributed by atoms with E-state index in [2.05, 4.69) is 40.2 Å². The Morgan fingerprint density at radius 2 is 2.12 bits per heavy atom. The zero-order valence-electron chi connectivity index (χ0n) is 9.42. The Hall–Kier alpha value is 0.0500. The summed E-state index contributed by atoms with van der Waals surface area (Å²) in [5.41, 5.74) is 2.24. The summed E-state index contributed by atoms with van der Waals surface area (Å²) in [5, 5.41) is 1.20. The second-order valence-corrected chi connectivity index (χ2v) is 6.86. The first-order valence-corrected chi connectivity index (χ1v) is 8.21. The van der Waals surface area contributed by atoms with E-state index >= 15 is 0 Å². The van der Waals surface area contributed by atoms with Crippen molar-refractivity contribution in [2.24, 2.45) is 5.41 Å². The molecular formula is C14H17BrS. The molecular weight excluding hydrogens is 280 g/mol. The number of thioether (sulfide) groups is 1. The van der Waals surface area contributed by atoms with Gasteiger partial charge >= 0.3 is 0 Å². The highest BCUT2D eigenvalue weighted by molar-refractivity contribution is 9.09. The van der Waals surface area contributed by atoms with Crippen LogP contribution in [0, 0.1) is 5.41 Å². The fourth-order valence-electron chi connectivity index (χ4n) is 2.99. The van der Waals surface area contributed by atoms with Gasteiger partial charge in [-0.2, -0.15) is 0 Å². The summed E-state index contributed by atoms with van der Waals surface area (Å²) in [4.78, 5) is 1.52. The lowest BCUT2D eigenvalue weighted by molar-refractivity contribution is 0.145. The molecule has 1 aliphatic carbocycles. The average molecular weight is 297 g/mol. The van der Waals surface area contributed by atoms with Crippen molar-refractivity contribution in [1.82, 2.24) is 0 Å². The summed E-state index contributed by atoms with van der Waals surface area (Å²) in [6, 6.07) is 8.97. The Labute approximate surface area is 110 Å².